The molecule has 1 aliphatic rings. The van der Waals surface area contributed by atoms with Gasteiger partial charge in [0.1, 0.15) is 0 Å². The zero-order valence-corrected chi connectivity index (χ0v) is 10.6. The summed E-state index contributed by atoms with van der Waals surface area (Å²) in [5, 5.41) is 0. The van der Waals surface area contributed by atoms with Crippen molar-refractivity contribution in [2.75, 3.05) is 0 Å². The molecular formula is C14H27. The lowest BCUT2D eigenvalue weighted by Crippen LogP contribution is -2.27. The van der Waals surface area contributed by atoms with Crippen molar-refractivity contribution in [3.05, 3.63) is 5.92 Å². The zero-order chi connectivity index (χ0) is 10.7. The topological polar surface area (TPSA) is 0 Å². The Hall–Kier alpha value is 0. The monoisotopic (exact) mass is 195 g/mol. The lowest BCUT2D eigenvalue weighted by Gasteiger charge is -2.37. The van der Waals surface area contributed by atoms with E-state index in [1.54, 1.807) is 0 Å². The third-order valence-corrected chi connectivity index (χ3v) is 3.58. The molecule has 0 aliphatic heterocycles. The molecule has 0 spiro atoms. The summed E-state index contributed by atoms with van der Waals surface area (Å²) in [6.45, 7) is 11.9. The summed E-state index contributed by atoms with van der Waals surface area (Å²) in [7, 11) is 0. The fraction of sp³-hybridized carbons (Fsp3) is 0.929. The van der Waals surface area contributed by atoms with Crippen LogP contribution in [-0.2, 0) is 0 Å². The van der Waals surface area contributed by atoms with Gasteiger partial charge in [0.2, 0.25) is 0 Å². The van der Waals surface area contributed by atoms with E-state index < -0.39 is 0 Å². The van der Waals surface area contributed by atoms with Crippen LogP contribution in [0.4, 0.5) is 0 Å². The molecule has 2 unspecified atom stereocenters. The molecule has 83 valence electrons. The predicted octanol–water partition coefficient (Wildman–Crippen LogP) is 4.70. The molecule has 0 heterocycles. The van der Waals surface area contributed by atoms with E-state index in [1.807, 2.05) is 5.92 Å². The molecule has 0 N–H and O–H groups in total. The first kappa shape index (κ1) is 12.1. The summed E-state index contributed by atoms with van der Waals surface area (Å²) in [4.78, 5) is 0. The molecule has 0 aromatic rings. The van der Waals surface area contributed by atoms with Crippen LogP contribution in [0.15, 0.2) is 0 Å². The first-order valence-corrected chi connectivity index (χ1v) is 6.35. The maximum atomic E-state index is 2.41. The average molecular weight is 195 g/mol. The highest BCUT2D eigenvalue weighted by Gasteiger charge is 2.31. The van der Waals surface area contributed by atoms with Gasteiger partial charge in [-0.15, -0.1) is 0 Å². The summed E-state index contributed by atoms with van der Waals surface area (Å²) < 4.78 is 0. The van der Waals surface area contributed by atoms with Crippen LogP contribution in [0.25, 0.3) is 0 Å². The Morgan fingerprint density at radius 3 is 2.29 bits per heavy atom. The molecule has 0 bridgehead atoms. The summed E-state index contributed by atoms with van der Waals surface area (Å²) in [6.07, 6.45) is 5.67. The first-order valence-electron chi connectivity index (χ1n) is 6.35. The van der Waals surface area contributed by atoms with Crippen LogP contribution in [0, 0.1) is 29.6 Å². The summed E-state index contributed by atoms with van der Waals surface area (Å²) in [5.74, 6) is 5.44. The van der Waals surface area contributed by atoms with Gasteiger partial charge in [0.05, 0.1) is 0 Å². The van der Waals surface area contributed by atoms with Crippen LogP contribution in [0.5, 0.6) is 0 Å². The predicted molar refractivity (Wildman–Crippen MR) is 64.0 cm³/mol. The molecule has 0 aromatic heterocycles. The molecule has 2 atom stereocenters. The van der Waals surface area contributed by atoms with Crippen molar-refractivity contribution in [2.24, 2.45) is 23.7 Å². The van der Waals surface area contributed by atoms with Crippen molar-refractivity contribution in [2.45, 2.75) is 60.3 Å². The zero-order valence-electron chi connectivity index (χ0n) is 10.6. The number of hydrogen-bond donors (Lipinski definition) is 0. The third-order valence-electron chi connectivity index (χ3n) is 3.58. The molecular weight excluding hydrogens is 168 g/mol. The maximum absolute atomic E-state index is 2.41. The molecule has 0 nitrogen and oxygen atoms in total. The van der Waals surface area contributed by atoms with Crippen LogP contribution in [-0.4, -0.2) is 0 Å². The quantitative estimate of drug-likeness (QED) is 0.612. The van der Waals surface area contributed by atoms with E-state index in [0.29, 0.717) is 0 Å². The Morgan fingerprint density at radius 1 is 1.14 bits per heavy atom. The van der Waals surface area contributed by atoms with Crippen LogP contribution < -0.4 is 0 Å². The molecule has 0 heteroatoms. The van der Waals surface area contributed by atoms with E-state index in [0.717, 1.165) is 23.7 Å². The van der Waals surface area contributed by atoms with E-state index in [1.165, 1.54) is 25.7 Å². The van der Waals surface area contributed by atoms with E-state index >= 15 is 0 Å². The molecule has 14 heavy (non-hydrogen) atoms. The van der Waals surface area contributed by atoms with Crippen molar-refractivity contribution in [3.63, 3.8) is 0 Å². The minimum Gasteiger partial charge on any atom is -0.0628 e. The van der Waals surface area contributed by atoms with Gasteiger partial charge in [0.25, 0.3) is 0 Å². The number of hydrogen-bond acceptors (Lipinski definition) is 0. The molecule has 0 aromatic carbocycles. The van der Waals surface area contributed by atoms with Crippen LogP contribution in [0.2, 0.25) is 0 Å². The second-order valence-corrected chi connectivity index (χ2v) is 5.99. The summed E-state index contributed by atoms with van der Waals surface area (Å²) >= 11 is 0. The number of rotatable bonds is 3. The largest absolute Gasteiger partial charge is 0.0628 e. The van der Waals surface area contributed by atoms with Crippen molar-refractivity contribution in [1.82, 2.24) is 0 Å². The van der Waals surface area contributed by atoms with Gasteiger partial charge in [-0.1, -0.05) is 41.0 Å². The first-order chi connectivity index (χ1) is 6.50. The molecule has 1 aliphatic carbocycles. The van der Waals surface area contributed by atoms with Crippen LogP contribution in [0.3, 0.4) is 0 Å². The van der Waals surface area contributed by atoms with Crippen LogP contribution in [0.1, 0.15) is 60.3 Å². The highest BCUT2D eigenvalue weighted by Crippen LogP contribution is 2.42. The van der Waals surface area contributed by atoms with E-state index in [2.05, 4.69) is 34.6 Å². The van der Waals surface area contributed by atoms with Gasteiger partial charge in [-0.3, -0.25) is 0 Å². The van der Waals surface area contributed by atoms with Gasteiger partial charge in [-0.05, 0) is 48.9 Å². The van der Waals surface area contributed by atoms with Gasteiger partial charge in [-0.25, -0.2) is 0 Å². The van der Waals surface area contributed by atoms with Crippen molar-refractivity contribution < 1.29 is 0 Å². The molecule has 0 saturated heterocycles. The minimum atomic E-state index is 0.844. The molecule has 1 fully saturated rings. The van der Waals surface area contributed by atoms with E-state index in [-0.39, 0.29) is 0 Å². The molecule has 1 radical (unpaired) electrons. The van der Waals surface area contributed by atoms with E-state index in [9.17, 15) is 0 Å². The van der Waals surface area contributed by atoms with Gasteiger partial charge < -0.3 is 0 Å². The standard InChI is InChI=1S/C14H27/c1-10(2)8-13-9-12(5)6-7-14(13)11(3)4/h10-12,14H,6-9H2,1-5H3. The lowest BCUT2D eigenvalue weighted by atomic mass is 9.68. The van der Waals surface area contributed by atoms with Gasteiger partial charge in [-0.2, -0.15) is 0 Å². The normalized spacial score (nSPS) is 30.2. The van der Waals surface area contributed by atoms with E-state index in [4.69, 9.17) is 0 Å². The third kappa shape index (κ3) is 3.29. The van der Waals surface area contributed by atoms with Crippen molar-refractivity contribution in [1.29, 1.82) is 0 Å². The second-order valence-electron chi connectivity index (χ2n) is 5.99. The van der Waals surface area contributed by atoms with Gasteiger partial charge in [0.15, 0.2) is 0 Å². The average Bonchev–Trinajstić information content (AvgIpc) is 2.01. The molecule has 0 amide bonds. The van der Waals surface area contributed by atoms with Crippen molar-refractivity contribution >= 4 is 0 Å². The maximum Gasteiger partial charge on any atom is -0.0202 e. The fourth-order valence-corrected chi connectivity index (χ4v) is 2.93. The van der Waals surface area contributed by atoms with Gasteiger partial charge >= 0.3 is 0 Å². The van der Waals surface area contributed by atoms with Gasteiger partial charge in [0, 0.05) is 0 Å². The Morgan fingerprint density at radius 2 is 1.79 bits per heavy atom. The Labute approximate surface area is 90.5 Å². The highest BCUT2D eigenvalue weighted by molar-refractivity contribution is 5.02. The smallest absolute Gasteiger partial charge is 0.0202 e. The minimum absolute atomic E-state index is 0.844. The molecule has 1 rings (SSSR count). The lowest BCUT2D eigenvalue weighted by molar-refractivity contribution is 0.243. The fourth-order valence-electron chi connectivity index (χ4n) is 2.93. The molecule has 1 saturated carbocycles. The van der Waals surface area contributed by atoms with Crippen LogP contribution >= 0.6 is 0 Å². The Balaban J connectivity index is 2.54. The second kappa shape index (κ2) is 5.19. The SMILES string of the molecule is CC(C)C[C]1CC(C)CCC1C(C)C. The summed E-state index contributed by atoms with van der Waals surface area (Å²) in [5.41, 5.74) is 0. The van der Waals surface area contributed by atoms with Crippen molar-refractivity contribution in [3.8, 4) is 0 Å². The summed E-state index contributed by atoms with van der Waals surface area (Å²) in [6, 6.07) is 0. The Kier molecular flexibility index (Phi) is 4.47. The Bertz CT molecular complexity index is 155. The highest BCUT2D eigenvalue weighted by atomic mass is 14.4.